The fraction of sp³-hybridized carbons (Fsp3) is 0.412. The van der Waals surface area contributed by atoms with Crippen LogP contribution < -0.4 is 10.3 Å². The van der Waals surface area contributed by atoms with Gasteiger partial charge in [0.25, 0.3) is 5.56 Å². The molecule has 132 valence electrons. The fourth-order valence-corrected chi connectivity index (χ4v) is 3.93. The number of rotatable bonds is 3. The van der Waals surface area contributed by atoms with Crippen molar-refractivity contribution in [2.24, 2.45) is 0 Å². The molecule has 25 heavy (non-hydrogen) atoms. The Morgan fingerprint density at radius 3 is 2.96 bits per heavy atom. The highest BCUT2D eigenvalue weighted by Gasteiger charge is 2.24. The highest BCUT2D eigenvalue weighted by Crippen LogP contribution is 2.27. The van der Waals surface area contributed by atoms with Crippen LogP contribution in [0.15, 0.2) is 28.2 Å². The Morgan fingerprint density at radius 1 is 1.32 bits per heavy atom. The molecule has 0 bridgehead atoms. The maximum atomic E-state index is 12.1. The zero-order valence-electron chi connectivity index (χ0n) is 13.9. The standard InChI is InChI=1S/C17H19N3O4S/c1-25(22,23)17-18-14-10-20(6-4-13(14)16(21)19-17)9-11-2-3-15-12(8-11)5-7-24-15/h2-3,8H,4-7,9-10H2,1H3,(H,18,19,21). The van der Waals surface area contributed by atoms with Gasteiger partial charge < -0.3 is 4.74 Å². The summed E-state index contributed by atoms with van der Waals surface area (Å²) in [6, 6.07) is 6.21. The monoisotopic (exact) mass is 361 g/mol. The molecule has 1 aromatic heterocycles. The van der Waals surface area contributed by atoms with Crippen LogP contribution >= 0.6 is 0 Å². The highest BCUT2D eigenvalue weighted by molar-refractivity contribution is 7.90. The Hall–Kier alpha value is -2.19. The van der Waals surface area contributed by atoms with E-state index in [1.807, 2.05) is 12.1 Å². The Labute approximate surface area is 145 Å². The molecule has 7 nitrogen and oxygen atoms in total. The van der Waals surface area contributed by atoms with Gasteiger partial charge in [0.2, 0.25) is 15.0 Å². The summed E-state index contributed by atoms with van der Waals surface area (Å²) in [5.74, 6) is 0.957. The number of fused-ring (bicyclic) bond motifs is 2. The van der Waals surface area contributed by atoms with Crippen LogP contribution in [0.2, 0.25) is 0 Å². The summed E-state index contributed by atoms with van der Waals surface area (Å²) in [7, 11) is -3.54. The van der Waals surface area contributed by atoms with Crippen LogP contribution in [0.25, 0.3) is 0 Å². The first kappa shape index (κ1) is 16.3. The van der Waals surface area contributed by atoms with E-state index in [1.54, 1.807) is 0 Å². The minimum Gasteiger partial charge on any atom is -0.493 e. The van der Waals surface area contributed by atoms with Gasteiger partial charge in [-0.1, -0.05) is 12.1 Å². The van der Waals surface area contributed by atoms with Crippen molar-refractivity contribution >= 4 is 9.84 Å². The van der Waals surface area contributed by atoms with Crippen molar-refractivity contribution in [1.82, 2.24) is 14.9 Å². The first-order chi connectivity index (χ1) is 11.9. The van der Waals surface area contributed by atoms with E-state index in [-0.39, 0.29) is 10.7 Å². The molecule has 3 heterocycles. The van der Waals surface area contributed by atoms with E-state index in [2.05, 4.69) is 20.9 Å². The number of hydrogen-bond donors (Lipinski definition) is 1. The number of nitrogens with one attached hydrogen (secondary N) is 1. The minimum atomic E-state index is -3.54. The predicted molar refractivity (Wildman–Crippen MR) is 91.4 cm³/mol. The van der Waals surface area contributed by atoms with Gasteiger partial charge in [0, 0.05) is 37.9 Å². The number of nitrogens with zero attached hydrogens (tertiary/aromatic N) is 2. The third-order valence-electron chi connectivity index (χ3n) is 4.64. The Bertz CT molecular complexity index is 997. The molecule has 0 atom stereocenters. The molecule has 4 rings (SSSR count). The van der Waals surface area contributed by atoms with E-state index in [4.69, 9.17) is 4.74 Å². The predicted octanol–water partition coefficient (Wildman–Crippen LogP) is 0.667. The molecule has 1 aromatic carbocycles. The zero-order valence-corrected chi connectivity index (χ0v) is 14.7. The van der Waals surface area contributed by atoms with Crippen LogP contribution in [0.5, 0.6) is 5.75 Å². The van der Waals surface area contributed by atoms with Gasteiger partial charge in [0.15, 0.2) is 0 Å². The Morgan fingerprint density at radius 2 is 2.16 bits per heavy atom. The summed E-state index contributed by atoms with van der Waals surface area (Å²) in [4.78, 5) is 20.9. The third-order valence-corrected chi connectivity index (χ3v) is 5.54. The number of hydrogen-bond acceptors (Lipinski definition) is 6. The lowest BCUT2D eigenvalue weighted by Gasteiger charge is -2.27. The Balaban J connectivity index is 1.58. The number of aromatic amines is 1. The van der Waals surface area contributed by atoms with Gasteiger partial charge in [-0.2, -0.15) is 0 Å². The summed E-state index contributed by atoms with van der Waals surface area (Å²) in [5, 5.41) is -0.257. The first-order valence-electron chi connectivity index (χ1n) is 8.19. The molecule has 0 saturated carbocycles. The highest BCUT2D eigenvalue weighted by atomic mass is 32.2. The molecular formula is C17H19N3O4S. The molecule has 0 fully saturated rings. The number of ether oxygens (including phenoxy) is 1. The van der Waals surface area contributed by atoms with Crippen LogP contribution in [0.3, 0.4) is 0 Å². The lowest BCUT2D eigenvalue weighted by molar-refractivity contribution is 0.239. The van der Waals surface area contributed by atoms with Crippen LogP contribution in [-0.2, 0) is 35.8 Å². The van der Waals surface area contributed by atoms with Crippen molar-refractivity contribution in [3.8, 4) is 5.75 Å². The van der Waals surface area contributed by atoms with Crippen LogP contribution in [0.1, 0.15) is 22.4 Å². The summed E-state index contributed by atoms with van der Waals surface area (Å²) in [5.41, 5.74) is 3.20. The normalized spacial score (nSPS) is 17.0. The first-order valence-corrected chi connectivity index (χ1v) is 10.1. The van der Waals surface area contributed by atoms with Crippen molar-refractivity contribution < 1.29 is 13.2 Å². The molecule has 2 aromatic rings. The van der Waals surface area contributed by atoms with E-state index >= 15 is 0 Å². The fourth-order valence-electron chi connectivity index (χ4n) is 3.38. The summed E-state index contributed by atoms with van der Waals surface area (Å²) >= 11 is 0. The smallest absolute Gasteiger partial charge is 0.255 e. The number of benzene rings is 1. The summed E-state index contributed by atoms with van der Waals surface area (Å²) in [6.45, 7) is 2.67. The van der Waals surface area contributed by atoms with E-state index in [1.165, 1.54) is 11.1 Å². The van der Waals surface area contributed by atoms with Gasteiger partial charge in [-0.05, 0) is 23.6 Å². The van der Waals surface area contributed by atoms with Gasteiger partial charge in [-0.25, -0.2) is 13.4 Å². The molecule has 2 aliphatic rings. The lowest BCUT2D eigenvalue weighted by Crippen LogP contribution is -2.35. The average Bonchev–Trinajstić information content (AvgIpc) is 3.01. The average molecular weight is 361 g/mol. The van der Waals surface area contributed by atoms with Crippen LogP contribution in [0, 0.1) is 0 Å². The largest absolute Gasteiger partial charge is 0.493 e. The summed E-state index contributed by atoms with van der Waals surface area (Å²) < 4.78 is 28.9. The molecule has 8 heteroatoms. The molecule has 0 aliphatic carbocycles. The maximum Gasteiger partial charge on any atom is 0.255 e. The quantitative estimate of drug-likeness (QED) is 0.808. The van der Waals surface area contributed by atoms with Gasteiger partial charge in [0.05, 0.1) is 12.3 Å². The van der Waals surface area contributed by atoms with E-state index < -0.39 is 9.84 Å². The van der Waals surface area contributed by atoms with Gasteiger partial charge in [0.1, 0.15) is 5.75 Å². The molecule has 1 N–H and O–H groups in total. The molecular weight excluding hydrogens is 342 g/mol. The van der Waals surface area contributed by atoms with Gasteiger partial charge >= 0.3 is 0 Å². The number of aromatic nitrogens is 2. The molecule has 0 radical (unpaired) electrons. The van der Waals surface area contributed by atoms with Crippen LogP contribution in [-0.4, -0.2) is 42.7 Å². The second-order valence-corrected chi connectivity index (χ2v) is 8.50. The zero-order chi connectivity index (χ0) is 17.6. The molecule has 2 aliphatic heterocycles. The minimum absolute atomic E-state index is 0.257. The van der Waals surface area contributed by atoms with Crippen molar-refractivity contribution in [3.05, 3.63) is 50.9 Å². The summed E-state index contributed by atoms with van der Waals surface area (Å²) in [6.07, 6.45) is 2.54. The number of sulfone groups is 1. The molecule has 0 spiro atoms. The molecule has 0 unspecified atom stereocenters. The molecule has 0 amide bonds. The van der Waals surface area contributed by atoms with E-state index in [0.29, 0.717) is 24.2 Å². The van der Waals surface area contributed by atoms with Crippen molar-refractivity contribution in [1.29, 1.82) is 0 Å². The third kappa shape index (κ3) is 3.19. The Kier molecular flexibility index (Phi) is 3.88. The molecule has 0 saturated heterocycles. The van der Waals surface area contributed by atoms with Crippen molar-refractivity contribution in [3.63, 3.8) is 0 Å². The van der Waals surface area contributed by atoms with Crippen molar-refractivity contribution in [2.45, 2.75) is 31.1 Å². The van der Waals surface area contributed by atoms with E-state index in [9.17, 15) is 13.2 Å². The maximum absolute atomic E-state index is 12.1. The van der Waals surface area contributed by atoms with Gasteiger partial charge in [-0.15, -0.1) is 0 Å². The topological polar surface area (TPSA) is 92.4 Å². The number of H-pyrrole nitrogens is 1. The van der Waals surface area contributed by atoms with Gasteiger partial charge in [-0.3, -0.25) is 14.7 Å². The second kappa shape index (κ2) is 5.96. The van der Waals surface area contributed by atoms with E-state index in [0.717, 1.165) is 38.1 Å². The van der Waals surface area contributed by atoms with Crippen molar-refractivity contribution in [2.75, 3.05) is 19.4 Å². The lowest BCUT2D eigenvalue weighted by atomic mass is 10.0. The van der Waals surface area contributed by atoms with Crippen LogP contribution in [0.4, 0.5) is 0 Å². The second-order valence-electron chi connectivity index (χ2n) is 6.57. The SMILES string of the molecule is CS(=O)(=O)c1nc2c(c(=O)[nH]1)CCN(Cc1ccc3c(c1)CCO3)C2.